The number of aromatic nitrogens is 2. The molecule has 5 nitrogen and oxygen atoms in total. The molecule has 0 saturated carbocycles. The van der Waals surface area contributed by atoms with E-state index in [0.717, 1.165) is 16.7 Å². The van der Waals surface area contributed by atoms with Crippen molar-refractivity contribution in [2.24, 2.45) is 0 Å². The molecule has 1 aromatic heterocycles. The Morgan fingerprint density at radius 3 is 2.27 bits per heavy atom. The summed E-state index contributed by atoms with van der Waals surface area (Å²) in [6, 6.07) is 18.2. The van der Waals surface area contributed by atoms with Gasteiger partial charge in [0.1, 0.15) is 0 Å². The molecule has 0 aliphatic heterocycles. The minimum atomic E-state index is -3.69. The highest BCUT2D eigenvalue weighted by molar-refractivity contribution is 7.92. The Balaban J connectivity index is 1.94. The van der Waals surface area contributed by atoms with E-state index in [0.29, 0.717) is 12.4 Å². The van der Waals surface area contributed by atoms with Crippen LogP contribution in [0.3, 0.4) is 0 Å². The van der Waals surface area contributed by atoms with E-state index in [1.807, 2.05) is 56.5 Å². The van der Waals surface area contributed by atoms with Crippen molar-refractivity contribution in [3.8, 4) is 0 Å². The smallest absolute Gasteiger partial charge is 0.263 e. The number of benzene rings is 2. The van der Waals surface area contributed by atoms with Gasteiger partial charge in [-0.05, 0) is 31.5 Å². The standard InChI is InChI=1S/C20H21N3O2S/c1-16(2)13-18-15-23(14-17-9-5-3-6-10-17)21-20(18)22-26(24,25)19-11-7-4-8-12-19/h3-13,15H,14H2,1-2H3,(H,21,22). The van der Waals surface area contributed by atoms with Crippen LogP contribution in [-0.4, -0.2) is 18.2 Å². The molecule has 134 valence electrons. The van der Waals surface area contributed by atoms with Crippen LogP contribution in [0.15, 0.2) is 77.3 Å². The molecule has 1 N–H and O–H groups in total. The Morgan fingerprint density at radius 2 is 1.65 bits per heavy atom. The molecule has 3 rings (SSSR count). The molecule has 0 radical (unpaired) electrons. The molecular formula is C20H21N3O2S. The summed E-state index contributed by atoms with van der Waals surface area (Å²) in [5, 5.41) is 4.45. The van der Waals surface area contributed by atoms with Crippen molar-refractivity contribution in [2.45, 2.75) is 25.3 Å². The normalized spacial score (nSPS) is 11.2. The minimum absolute atomic E-state index is 0.209. The lowest BCUT2D eigenvalue weighted by atomic mass is 10.2. The maximum Gasteiger partial charge on any atom is 0.263 e. The molecule has 0 aliphatic rings. The van der Waals surface area contributed by atoms with Gasteiger partial charge in [0.2, 0.25) is 0 Å². The monoisotopic (exact) mass is 367 g/mol. The summed E-state index contributed by atoms with van der Waals surface area (Å²) in [5.74, 6) is 0.325. The molecule has 0 atom stereocenters. The zero-order valence-electron chi connectivity index (χ0n) is 14.8. The lowest BCUT2D eigenvalue weighted by Crippen LogP contribution is -2.14. The first-order valence-corrected chi connectivity index (χ1v) is 9.76. The van der Waals surface area contributed by atoms with Crippen molar-refractivity contribution in [3.05, 3.63) is 83.6 Å². The summed E-state index contributed by atoms with van der Waals surface area (Å²) in [7, 11) is -3.69. The fraction of sp³-hybridized carbons (Fsp3) is 0.150. The van der Waals surface area contributed by atoms with E-state index in [-0.39, 0.29) is 4.90 Å². The van der Waals surface area contributed by atoms with Gasteiger partial charge in [-0.25, -0.2) is 8.42 Å². The lowest BCUT2D eigenvalue weighted by molar-refractivity contribution is 0.600. The first-order chi connectivity index (χ1) is 12.4. The fourth-order valence-corrected chi connectivity index (χ4v) is 3.62. The highest BCUT2D eigenvalue weighted by Crippen LogP contribution is 2.21. The van der Waals surface area contributed by atoms with Crippen LogP contribution < -0.4 is 4.72 Å². The van der Waals surface area contributed by atoms with Gasteiger partial charge < -0.3 is 0 Å². The fourth-order valence-electron chi connectivity index (χ4n) is 2.57. The average Bonchev–Trinajstić information content (AvgIpc) is 2.96. The average molecular weight is 367 g/mol. The van der Waals surface area contributed by atoms with Crippen LogP contribution in [0.2, 0.25) is 0 Å². The zero-order valence-corrected chi connectivity index (χ0v) is 15.6. The maximum absolute atomic E-state index is 12.6. The van der Waals surface area contributed by atoms with Gasteiger partial charge in [0.15, 0.2) is 5.82 Å². The zero-order chi connectivity index (χ0) is 18.6. The van der Waals surface area contributed by atoms with Gasteiger partial charge in [-0.1, -0.05) is 60.2 Å². The van der Waals surface area contributed by atoms with Crippen LogP contribution in [0.4, 0.5) is 5.82 Å². The second-order valence-corrected chi connectivity index (χ2v) is 7.94. The summed E-state index contributed by atoms with van der Waals surface area (Å²) < 4.78 is 29.6. The van der Waals surface area contributed by atoms with Crippen molar-refractivity contribution in [1.29, 1.82) is 0 Å². The SMILES string of the molecule is CC(C)=Cc1cn(Cc2ccccc2)nc1NS(=O)(=O)c1ccccc1. The van der Waals surface area contributed by atoms with E-state index in [4.69, 9.17) is 0 Å². The largest absolute Gasteiger partial charge is 0.266 e. The molecule has 6 heteroatoms. The van der Waals surface area contributed by atoms with Gasteiger partial charge in [0.25, 0.3) is 10.0 Å². The predicted molar refractivity (Wildman–Crippen MR) is 104 cm³/mol. The molecule has 0 unspecified atom stereocenters. The molecule has 3 aromatic rings. The molecule has 0 fully saturated rings. The van der Waals surface area contributed by atoms with E-state index in [9.17, 15) is 8.42 Å². The first-order valence-electron chi connectivity index (χ1n) is 8.28. The van der Waals surface area contributed by atoms with Gasteiger partial charge in [0.05, 0.1) is 11.4 Å². The second-order valence-electron chi connectivity index (χ2n) is 6.26. The molecule has 0 amide bonds. The maximum atomic E-state index is 12.6. The number of rotatable bonds is 6. The molecule has 26 heavy (non-hydrogen) atoms. The number of sulfonamides is 1. The van der Waals surface area contributed by atoms with Crippen molar-refractivity contribution in [3.63, 3.8) is 0 Å². The number of hydrogen-bond donors (Lipinski definition) is 1. The van der Waals surface area contributed by atoms with Crippen molar-refractivity contribution in [2.75, 3.05) is 4.72 Å². The van der Waals surface area contributed by atoms with E-state index in [1.54, 1.807) is 35.0 Å². The summed E-state index contributed by atoms with van der Waals surface area (Å²) in [5.41, 5.74) is 2.89. The van der Waals surface area contributed by atoms with Crippen LogP contribution in [0.25, 0.3) is 6.08 Å². The number of allylic oxidation sites excluding steroid dienone is 1. The van der Waals surface area contributed by atoms with Crippen LogP contribution >= 0.6 is 0 Å². The Labute approximate surface area is 154 Å². The topological polar surface area (TPSA) is 64.0 Å². The van der Waals surface area contributed by atoms with E-state index in [2.05, 4.69) is 9.82 Å². The van der Waals surface area contributed by atoms with E-state index in [1.165, 1.54) is 0 Å². The number of anilines is 1. The lowest BCUT2D eigenvalue weighted by Gasteiger charge is -2.06. The third-order valence-electron chi connectivity index (χ3n) is 3.71. The second kappa shape index (κ2) is 7.58. The van der Waals surface area contributed by atoms with E-state index < -0.39 is 10.0 Å². The Hall–Kier alpha value is -2.86. The Kier molecular flexibility index (Phi) is 5.23. The summed E-state index contributed by atoms with van der Waals surface area (Å²) in [6.45, 7) is 4.49. The number of hydrogen-bond acceptors (Lipinski definition) is 3. The van der Waals surface area contributed by atoms with Gasteiger partial charge >= 0.3 is 0 Å². The third kappa shape index (κ3) is 4.40. The molecule has 0 saturated heterocycles. The molecular weight excluding hydrogens is 346 g/mol. The molecule has 0 bridgehead atoms. The van der Waals surface area contributed by atoms with E-state index >= 15 is 0 Å². The summed E-state index contributed by atoms with van der Waals surface area (Å²) in [4.78, 5) is 0.209. The minimum Gasteiger partial charge on any atom is -0.266 e. The van der Waals surface area contributed by atoms with Crippen LogP contribution in [0.1, 0.15) is 25.0 Å². The summed E-state index contributed by atoms with van der Waals surface area (Å²) >= 11 is 0. The quantitative estimate of drug-likeness (QED) is 0.712. The summed E-state index contributed by atoms with van der Waals surface area (Å²) in [6.07, 6.45) is 3.76. The van der Waals surface area contributed by atoms with Gasteiger partial charge in [-0.2, -0.15) is 5.10 Å². The first kappa shape index (κ1) is 17.9. The number of nitrogens with zero attached hydrogens (tertiary/aromatic N) is 2. The molecule has 2 aromatic carbocycles. The van der Waals surface area contributed by atoms with Crippen molar-refractivity contribution in [1.82, 2.24) is 9.78 Å². The Bertz CT molecular complexity index is 1000. The van der Waals surface area contributed by atoms with Gasteiger partial charge in [0, 0.05) is 11.8 Å². The highest BCUT2D eigenvalue weighted by atomic mass is 32.2. The van der Waals surface area contributed by atoms with Crippen LogP contribution in [0, 0.1) is 0 Å². The predicted octanol–water partition coefficient (Wildman–Crippen LogP) is 4.16. The van der Waals surface area contributed by atoms with Gasteiger partial charge in [-0.15, -0.1) is 0 Å². The van der Waals surface area contributed by atoms with Crippen molar-refractivity contribution < 1.29 is 8.42 Å². The number of nitrogens with one attached hydrogen (secondary N) is 1. The van der Waals surface area contributed by atoms with Crippen LogP contribution in [-0.2, 0) is 16.6 Å². The molecule has 0 spiro atoms. The highest BCUT2D eigenvalue weighted by Gasteiger charge is 2.18. The van der Waals surface area contributed by atoms with Gasteiger partial charge in [-0.3, -0.25) is 9.40 Å². The van der Waals surface area contributed by atoms with Crippen molar-refractivity contribution >= 4 is 21.9 Å². The molecule has 1 heterocycles. The van der Waals surface area contributed by atoms with Crippen LogP contribution in [0.5, 0.6) is 0 Å². The Morgan fingerprint density at radius 1 is 1.04 bits per heavy atom. The molecule has 0 aliphatic carbocycles. The third-order valence-corrected chi connectivity index (χ3v) is 5.06.